The molecule has 0 radical (unpaired) electrons. The smallest absolute Gasteiger partial charge is 0.135 e. The molecule has 5 aromatic heterocycles. The number of thiophene rings is 3. The summed E-state index contributed by atoms with van der Waals surface area (Å²) in [5, 5.41) is 14.2. The van der Waals surface area contributed by atoms with Crippen molar-refractivity contribution >= 4 is 121 Å². The molecule has 2 nitrogen and oxygen atoms in total. The van der Waals surface area contributed by atoms with E-state index < -0.39 is 0 Å². The number of hydrogen-bond donors (Lipinski definition) is 0. The van der Waals surface area contributed by atoms with Crippen molar-refractivity contribution in [1.82, 2.24) is 0 Å². The van der Waals surface area contributed by atoms with Crippen LogP contribution in [0, 0.1) is 0 Å². The summed E-state index contributed by atoms with van der Waals surface area (Å²) in [5.41, 5.74) is 13.3. The van der Waals surface area contributed by atoms with Gasteiger partial charge < -0.3 is 8.83 Å². The van der Waals surface area contributed by atoms with Crippen molar-refractivity contribution in [2.24, 2.45) is 0 Å². The molecule has 0 saturated carbocycles. The van der Waals surface area contributed by atoms with Crippen molar-refractivity contribution in [2.45, 2.75) is 0 Å². The number of fused-ring (bicyclic) bond motifs is 2. The Bertz CT molecular complexity index is 4960. The molecule has 11 aromatic carbocycles. The summed E-state index contributed by atoms with van der Waals surface area (Å²) in [7, 11) is 0. The van der Waals surface area contributed by atoms with Crippen molar-refractivity contribution < 1.29 is 8.83 Å². The minimum absolute atomic E-state index is 0.884. The van der Waals surface area contributed by atoms with Crippen LogP contribution in [0.5, 0.6) is 0 Å². The molecule has 0 atom stereocenters. The fraction of sp³-hybridized carbons (Fsp3) is 0. The molecule has 350 valence electrons. The highest BCUT2D eigenvalue weighted by atomic mass is 32.1. The number of rotatable bonds is 7. The molecule has 0 unspecified atom stereocenters. The first kappa shape index (κ1) is 42.6. The summed E-state index contributed by atoms with van der Waals surface area (Å²) in [6, 6.07) is 88.4. The van der Waals surface area contributed by atoms with Gasteiger partial charge in [0.25, 0.3) is 0 Å². The zero-order valence-electron chi connectivity index (χ0n) is 40.1. The summed E-state index contributed by atoms with van der Waals surface area (Å²) in [6.07, 6.45) is 0. The lowest BCUT2D eigenvalue weighted by molar-refractivity contribution is 0.664. The third-order valence-electron chi connectivity index (χ3n) is 15.2. The molecule has 0 aliphatic rings. The lowest BCUT2D eigenvalue weighted by atomic mass is 9.95. The van der Waals surface area contributed by atoms with Crippen LogP contribution in [-0.2, 0) is 0 Å². The predicted molar refractivity (Wildman–Crippen MR) is 323 cm³/mol. The Morgan fingerprint density at radius 2 is 0.547 bits per heavy atom. The van der Waals surface area contributed by atoms with Gasteiger partial charge in [-0.3, -0.25) is 0 Å². The second kappa shape index (κ2) is 16.9. The fourth-order valence-corrected chi connectivity index (χ4v) is 14.9. The van der Waals surface area contributed by atoms with Gasteiger partial charge in [-0.2, -0.15) is 0 Å². The van der Waals surface area contributed by atoms with Crippen LogP contribution < -0.4 is 0 Å². The zero-order chi connectivity index (χ0) is 49.1. The third-order valence-corrected chi connectivity index (χ3v) is 18.7. The van der Waals surface area contributed by atoms with Gasteiger partial charge in [0.1, 0.15) is 22.3 Å². The molecule has 0 N–H and O–H groups in total. The van der Waals surface area contributed by atoms with Gasteiger partial charge in [-0.1, -0.05) is 152 Å². The quantitative estimate of drug-likeness (QED) is 0.159. The second-order valence-corrected chi connectivity index (χ2v) is 22.7. The Morgan fingerprint density at radius 1 is 0.213 bits per heavy atom. The standard InChI is InChI=1S/C70H40O2S3/c1-2-11-41(12-3-1)61-33-36-64(73-61)47-28-31-59-69-51(47)21-9-24-55(69)56-25-10-22-52-49(29-32-60(72-59)70(52)56)66-38-35-63(75-66)46-18-5-16-44(40-46)43-15-4-17-45(39-43)62-34-37-65(74-62)48-27-30-58-68-50(48)20-8-23-54(68)53-19-6-13-42-14-7-26-57(71-58)67(42)53/h1-40H. The van der Waals surface area contributed by atoms with Crippen molar-refractivity contribution in [3.8, 4) is 73.8 Å². The first-order valence-corrected chi connectivity index (χ1v) is 27.7. The normalized spacial score (nSPS) is 12.0. The topological polar surface area (TPSA) is 26.3 Å². The van der Waals surface area contributed by atoms with E-state index in [0.29, 0.717) is 0 Å². The van der Waals surface area contributed by atoms with Gasteiger partial charge in [-0.05, 0) is 179 Å². The largest absolute Gasteiger partial charge is 0.456 e. The van der Waals surface area contributed by atoms with E-state index in [-0.39, 0.29) is 0 Å². The van der Waals surface area contributed by atoms with E-state index in [0.717, 1.165) is 43.9 Å². The van der Waals surface area contributed by atoms with E-state index in [1.165, 1.54) is 117 Å². The van der Waals surface area contributed by atoms with Crippen LogP contribution in [0.4, 0.5) is 0 Å². The van der Waals surface area contributed by atoms with Crippen LogP contribution in [0.1, 0.15) is 0 Å². The summed E-state index contributed by atoms with van der Waals surface area (Å²) in [4.78, 5) is 7.44. The third kappa shape index (κ3) is 6.82. The van der Waals surface area contributed by atoms with E-state index in [1.54, 1.807) is 0 Å². The Balaban J connectivity index is 0.727. The highest BCUT2D eigenvalue weighted by Gasteiger charge is 2.20. The zero-order valence-corrected chi connectivity index (χ0v) is 42.6. The Morgan fingerprint density at radius 3 is 1.01 bits per heavy atom. The van der Waals surface area contributed by atoms with Gasteiger partial charge in [0.15, 0.2) is 0 Å². The van der Waals surface area contributed by atoms with Crippen molar-refractivity contribution in [3.63, 3.8) is 0 Å². The van der Waals surface area contributed by atoms with Crippen LogP contribution in [0.2, 0.25) is 0 Å². The summed E-state index contributed by atoms with van der Waals surface area (Å²) in [6.45, 7) is 0. The average Bonchev–Trinajstić information content (AvgIpc) is 4.31. The second-order valence-electron chi connectivity index (χ2n) is 19.4. The van der Waals surface area contributed by atoms with Crippen molar-refractivity contribution in [2.75, 3.05) is 0 Å². The summed E-state index contributed by atoms with van der Waals surface area (Å²) >= 11 is 5.52. The molecule has 0 fully saturated rings. The van der Waals surface area contributed by atoms with Crippen LogP contribution in [-0.4, -0.2) is 0 Å². The van der Waals surface area contributed by atoms with E-state index in [4.69, 9.17) is 8.83 Å². The summed E-state index contributed by atoms with van der Waals surface area (Å²) in [5.74, 6) is 0. The highest BCUT2D eigenvalue weighted by molar-refractivity contribution is 7.19. The van der Waals surface area contributed by atoms with Crippen molar-refractivity contribution in [1.29, 1.82) is 0 Å². The molecule has 5 heterocycles. The van der Waals surface area contributed by atoms with Gasteiger partial charge in [0.2, 0.25) is 0 Å². The molecular weight excluding hydrogens is 969 g/mol. The maximum Gasteiger partial charge on any atom is 0.135 e. The molecule has 0 spiro atoms. The molecule has 0 saturated heterocycles. The molecule has 0 aliphatic heterocycles. The first-order chi connectivity index (χ1) is 37.1. The fourth-order valence-electron chi connectivity index (χ4n) is 11.8. The monoisotopic (exact) mass is 1010 g/mol. The van der Waals surface area contributed by atoms with Gasteiger partial charge in [-0.25, -0.2) is 0 Å². The van der Waals surface area contributed by atoms with E-state index >= 15 is 0 Å². The lowest BCUT2D eigenvalue weighted by Crippen LogP contribution is -1.82. The van der Waals surface area contributed by atoms with Gasteiger partial charge in [0, 0.05) is 50.8 Å². The highest BCUT2D eigenvalue weighted by Crippen LogP contribution is 2.47. The van der Waals surface area contributed by atoms with Gasteiger partial charge in [-0.15, -0.1) is 34.0 Å². The lowest BCUT2D eigenvalue weighted by Gasteiger charge is -2.08. The maximum atomic E-state index is 6.94. The molecule has 0 aliphatic carbocycles. The van der Waals surface area contributed by atoms with E-state index in [9.17, 15) is 0 Å². The molecule has 16 aromatic rings. The van der Waals surface area contributed by atoms with Crippen LogP contribution in [0.3, 0.4) is 0 Å². The van der Waals surface area contributed by atoms with Crippen molar-refractivity contribution in [3.05, 3.63) is 243 Å². The first-order valence-electron chi connectivity index (χ1n) is 25.3. The van der Waals surface area contributed by atoms with Crippen LogP contribution in [0.25, 0.3) is 161 Å². The predicted octanol–water partition coefficient (Wildman–Crippen LogP) is 22.0. The molecule has 75 heavy (non-hydrogen) atoms. The van der Waals surface area contributed by atoms with E-state index in [2.05, 4.69) is 243 Å². The minimum atomic E-state index is 0.884. The summed E-state index contributed by atoms with van der Waals surface area (Å²) < 4.78 is 13.6. The Kier molecular flexibility index (Phi) is 9.58. The number of hydrogen-bond acceptors (Lipinski definition) is 5. The molecule has 0 amide bonds. The molecule has 16 rings (SSSR count). The maximum absolute atomic E-state index is 6.94. The number of benzene rings is 11. The van der Waals surface area contributed by atoms with Crippen LogP contribution >= 0.6 is 34.0 Å². The van der Waals surface area contributed by atoms with Crippen LogP contribution in [0.15, 0.2) is 251 Å². The molecular formula is C70H40O2S3. The van der Waals surface area contributed by atoms with E-state index in [1.807, 2.05) is 34.0 Å². The molecule has 5 heteroatoms. The SMILES string of the molecule is c1ccc(-c2ccc(-c3ccc4oc5ccc(-c6ccc(-c7cccc(-c8cccc(-c9ccc(-c%10ccc%11oc%12cccc%13cccc(c%14cccc%10c%11%14)c%13%12)s9)c8)c7)s6)c6cccc(c7cccc3c47)c56)s2)cc1. The Labute approximate surface area is 443 Å². The Hall–Kier alpha value is -8.84. The van der Waals surface area contributed by atoms with Gasteiger partial charge >= 0.3 is 0 Å². The average molecular weight is 1010 g/mol. The van der Waals surface area contributed by atoms with Gasteiger partial charge in [0.05, 0.1) is 0 Å². The minimum Gasteiger partial charge on any atom is -0.456 e. The molecule has 0 bridgehead atoms.